The van der Waals surface area contributed by atoms with E-state index in [-0.39, 0.29) is 26.8 Å². The third kappa shape index (κ3) is 4.37. The predicted octanol–water partition coefficient (Wildman–Crippen LogP) is 2.27. The molecule has 2 heterocycles. The van der Waals surface area contributed by atoms with Gasteiger partial charge in [-0.1, -0.05) is 23.7 Å². The molecule has 4 rings (SSSR count). The Bertz CT molecular complexity index is 1030. The lowest BCUT2D eigenvalue weighted by Gasteiger charge is -2.25. The summed E-state index contributed by atoms with van der Waals surface area (Å²) in [6.07, 6.45) is 1.84. The number of sulfone groups is 1. The topological polar surface area (TPSA) is 87.3 Å². The van der Waals surface area contributed by atoms with Crippen LogP contribution >= 0.6 is 11.6 Å². The highest BCUT2D eigenvalue weighted by atomic mass is 35.5. The second kappa shape index (κ2) is 8.63. The molecule has 2 aliphatic rings. The van der Waals surface area contributed by atoms with Crippen molar-refractivity contribution in [3.8, 4) is 0 Å². The summed E-state index contributed by atoms with van der Waals surface area (Å²) in [6.45, 7) is 2.21. The number of carbonyl (C=O) groups is 1. The van der Waals surface area contributed by atoms with Gasteiger partial charge in [-0.05, 0) is 67.7 Å². The average Bonchev–Trinajstić information content (AvgIpc) is 3.18. The molecule has 9 heteroatoms. The molecule has 30 heavy (non-hydrogen) atoms. The van der Waals surface area contributed by atoms with Crippen LogP contribution < -0.4 is 16.0 Å². The number of fused-ring (bicyclic) bond motifs is 1. The molecule has 0 radical (unpaired) electrons. The summed E-state index contributed by atoms with van der Waals surface area (Å²) in [7, 11) is -3.94. The number of carbonyl (C=O) groups excluding carboxylic acids is 1. The molecule has 0 aromatic heterocycles. The average molecular weight is 452 g/mol. The van der Waals surface area contributed by atoms with Gasteiger partial charge in [0.05, 0.1) is 20.9 Å². The lowest BCUT2D eigenvalue weighted by molar-refractivity contribution is -0.123. The van der Waals surface area contributed by atoms with E-state index in [1.807, 2.05) is 0 Å². The third-order valence-corrected chi connectivity index (χ3v) is 8.01. The molecule has 0 bridgehead atoms. The second-order valence-electron chi connectivity index (χ2n) is 7.75. The van der Waals surface area contributed by atoms with Gasteiger partial charge in [0, 0.05) is 12.6 Å². The molecule has 2 saturated heterocycles. The minimum absolute atomic E-state index is 0.0131. The number of nitrogens with one attached hydrogen (secondary N) is 3. The Kier molecular flexibility index (Phi) is 6.11. The first-order valence-electron chi connectivity index (χ1n) is 9.88. The van der Waals surface area contributed by atoms with Crippen LogP contribution in [0.15, 0.2) is 52.3 Å². The van der Waals surface area contributed by atoms with Crippen LogP contribution in [0.3, 0.4) is 0 Å². The van der Waals surface area contributed by atoms with E-state index < -0.39 is 15.7 Å². The summed E-state index contributed by atoms with van der Waals surface area (Å²) < 4.78 is 39.0. The molecule has 160 valence electrons. The monoisotopic (exact) mass is 451 g/mol. The fraction of sp³-hybridized carbons (Fsp3) is 0.381. The molecule has 0 saturated carbocycles. The fourth-order valence-corrected chi connectivity index (χ4v) is 5.87. The molecule has 6 nitrogen and oxygen atoms in total. The lowest BCUT2D eigenvalue weighted by atomic mass is 9.94. The van der Waals surface area contributed by atoms with Crippen LogP contribution in [-0.4, -0.2) is 39.5 Å². The molecule has 3 atom stereocenters. The molecular weight excluding hydrogens is 429 g/mol. The van der Waals surface area contributed by atoms with Crippen LogP contribution in [0.1, 0.15) is 18.4 Å². The molecule has 1 amide bonds. The summed E-state index contributed by atoms with van der Waals surface area (Å²) in [4.78, 5) is 12.2. The largest absolute Gasteiger partial charge is 0.351 e. The van der Waals surface area contributed by atoms with Crippen LogP contribution in [-0.2, 0) is 21.2 Å². The molecule has 2 fully saturated rings. The van der Waals surface area contributed by atoms with Gasteiger partial charge in [0.15, 0.2) is 0 Å². The van der Waals surface area contributed by atoms with Crippen molar-refractivity contribution in [2.24, 2.45) is 5.92 Å². The number of amides is 1. The number of halogens is 2. The SMILES string of the molecule is O=C(NCc1ccc(S(=O)(=O)c2cc(F)ccc2Cl)cc1)C1CC2CNCCC2N1. The lowest BCUT2D eigenvalue weighted by Crippen LogP contribution is -2.45. The van der Waals surface area contributed by atoms with Crippen molar-refractivity contribution in [1.82, 2.24) is 16.0 Å². The minimum atomic E-state index is -3.94. The summed E-state index contributed by atoms with van der Waals surface area (Å²) in [6, 6.07) is 9.56. The van der Waals surface area contributed by atoms with E-state index in [2.05, 4.69) is 16.0 Å². The van der Waals surface area contributed by atoms with Crippen LogP contribution in [0.5, 0.6) is 0 Å². The highest BCUT2D eigenvalue weighted by molar-refractivity contribution is 7.91. The normalized spacial score (nSPS) is 23.7. The van der Waals surface area contributed by atoms with E-state index in [9.17, 15) is 17.6 Å². The first-order valence-corrected chi connectivity index (χ1v) is 11.7. The molecule has 3 N–H and O–H groups in total. The van der Waals surface area contributed by atoms with Gasteiger partial charge in [-0.15, -0.1) is 0 Å². The van der Waals surface area contributed by atoms with Crippen molar-refractivity contribution in [2.75, 3.05) is 13.1 Å². The molecule has 2 aromatic carbocycles. The van der Waals surface area contributed by atoms with Crippen molar-refractivity contribution >= 4 is 27.3 Å². The Labute approximate surface area is 180 Å². The summed E-state index contributed by atoms with van der Waals surface area (Å²) >= 11 is 5.95. The van der Waals surface area contributed by atoms with E-state index in [0.717, 1.165) is 43.6 Å². The maximum Gasteiger partial charge on any atom is 0.237 e. The molecule has 0 spiro atoms. The van der Waals surface area contributed by atoms with Crippen molar-refractivity contribution in [3.63, 3.8) is 0 Å². The first-order chi connectivity index (χ1) is 14.3. The van der Waals surface area contributed by atoms with Crippen molar-refractivity contribution in [2.45, 2.75) is 41.3 Å². The van der Waals surface area contributed by atoms with E-state index >= 15 is 0 Å². The molecule has 2 aromatic rings. The minimum Gasteiger partial charge on any atom is -0.351 e. The third-order valence-electron chi connectivity index (χ3n) is 5.76. The summed E-state index contributed by atoms with van der Waals surface area (Å²) in [5, 5.41) is 9.65. The number of piperidine rings is 1. The number of rotatable bonds is 5. The van der Waals surface area contributed by atoms with Crippen LogP contribution in [0.2, 0.25) is 5.02 Å². The van der Waals surface area contributed by atoms with Crippen molar-refractivity contribution in [3.05, 3.63) is 58.9 Å². The predicted molar refractivity (Wildman–Crippen MR) is 111 cm³/mol. The Balaban J connectivity index is 1.39. The van der Waals surface area contributed by atoms with Crippen LogP contribution in [0, 0.1) is 11.7 Å². The smallest absolute Gasteiger partial charge is 0.237 e. The number of hydrogen-bond donors (Lipinski definition) is 3. The van der Waals surface area contributed by atoms with E-state index in [0.29, 0.717) is 18.5 Å². The first kappa shape index (κ1) is 21.2. The van der Waals surface area contributed by atoms with Gasteiger partial charge in [-0.3, -0.25) is 4.79 Å². The van der Waals surface area contributed by atoms with E-state index in [1.165, 1.54) is 18.2 Å². The summed E-state index contributed by atoms with van der Waals surface area (Å²) in [5.41, 5.74) is 0.768. The Morgan fingerprint density at radius 1 is 1.20 bits per heavy atom. The van der Waals surface area contributed by atoms with Crippen molar-refractivity contribution < 1.29 is 17.6 Å². The number of hydrogen-bond acceptors (Lipinski definition) is 5. The van der Waals surface area contributed by atoms with Gasteiger partial charge >= 0.3 is 0 Å². The van der Waals surface area contributed by atoms with Gasteiger partial charge in [-0.2, -0.15) is 0 Å². The van der Waals surface area contributed by atoms with E-state index in [4.69, 9.17) is 11.6 Å². The van der Waals surface area contributed by atoms with Gasteiger partial charge in [0.2, 0.25) is 15.7 Å². The zero-order valence-electron chi connectivity index (χ0n) is 16.2. The zero-order valence-corrected chi connectivity index (χ0v) is 17.8. The molecule has 3 unspecified atom stereocenters. The molecule has 2 aliphatic heterocycles. The maximum absolute atomic E-state index is 13.5. The molecular formula is C21H23ClFN3O3S. The van der Waals surface area contributed by atoms with Gasteiger partial charge in [0.1, 0.15) is 5.82 Å². The summed E-state index contributed by atoms with van der Waals surface area (Å²) in [5.74, 6) is -0.241. The quantitative estimate of drug-likeness (QED) is 0.649. The highest BCUT2D eigenvalue weighted by Crippen LogP contribution is 2.28. The highest BCUT2D eigenvalue weighted by Gasteiger charge is 2.38. The molecule has 0 aliphatic carbocycles. The Hall–Kier alpha value is -2.00. The van der Waals surface area contributed by atoms with Gasteiger partial charge in [0.25, 0.3) is 0 Å². The second-order valence-corrected chi connectivity index (χ2v) is 10.1. The zero-order chi connectivity index (χ0) is 21.3. The standard InChI is InChI=1S/C21H23ClFN3O3S/c22-17-6-3-15(23)10-20(17)30(28,29)16-4-1-13(2-5-16)11-25-21(27)19-9-14-12-24-8-7-18(14)26-19/h1-6,10,14,18-19,24,26H,7-9,11-12H2,(H,25,27). The van der Waals surface area contributed by atoms with E-state index in [1.54, 1.807) is 12.1 Å². The fourth-order valence-electron chi connectivity index (χ4n) is 4.11. The maximum atomic E-state index is 13.5. The van der Waals surface area contributed by atoms with Crippen LogP contribution in [0.4, 0.5) is 4.39 Å². The van der Waals surface area contributed by atoms with Gasteiger partial charge < -0.3 is 16.0 Å². The number of benzene rings is 2. The van der Waals surface area contributed by atoms with Crippen LogP contribution in [0.25, 0.3) is 0 Å². The van der Waals surface area contributed by atoms with Gasteiger partial charge in [-0.25, -0.2) is 12.8 Å². The van der Waals surface area contributed by atoms with Crippen molar-refractivity contribution in [1.29, 1.82) is 0 Å². The Morgan fingerprint density at radius 3 is 2.70 bits per heavy atom. The Morgan fingerprint density at radius 2 is 1.97 bits per heavy atom.